The van der Waals surface area contributed by atoms with Crippen LogP contribution in [0.4, 0.5) is 5.69 Å². The van der Waals surface area contributed by atoms with E-state index in [0.717, 1.165) is 44.0 Å². The Morgan fingerprint density at radius 2 is 2.08 bits per heavy atom. The molecule has 24 heavy (non-hydrogen) atoms. The lowest BCUT2D eigenvalue weighted by Gasteiger charge is -2.21. The Morgan fingerprint density at radius 1 is 1.29 bits per heavy atom. The molecule has 1 fully saturated rings. The standard InChI is InChI=1S/C19H26N4O/c1-21(11-6-9-18-20-10-12-22(18)2)14-16-13-19(24)23(15-16)17-7-4-3-5-8-17/h3-5,7-8,10,12,16H,6,9,11,13-15H2,1-2H3. The van der Waals surface area contributed by atoms with Gasteiger partial charge in [-0.3, -0.25) is 4.79 Å². The zero-order valence-electron chi connectivity index (χ0n) is 14.6. The molecule has 0 saturated carbocycles. The van der Waals surface area contributed by atoms with Crippen molar-refractivity contribution < 1.29 is 4.79 Å². The smallest absolute Gasteiger partial charge is 0.227 e. The Morgan fingerprint density at radius 3 is 2.79 bits per heavy atom. The maximum atomic E-state index is 12.3. The minimum Gasteiger partial charge on any atom is -0.338 e. The second-order valence-electron chi connectivity index (χ2n) is 6.73. The summed E-state index contributed by atoms with van der Waals surface area (Å²) < 4.78 is 2.08. The largest absolute Gasteiger partial charge is 0.338 e. The number of nitrogens with zero attached hydrogens (tertiary/aromatic N) is 4. The number of anilines is 1. The summed E-state index contributed by atoms with van der Waals surface area (Å²) in [6.07, 6.45) is 6.57. The third-order valence-corrected chi connectivity index (χ3v) is 4.70. The van der Waals surface area contributed by atoms with Gasteiger partial charge in [-0.05, 0) is 38.1 Å². The Kier molecular flexibility index (Phi) is 5.30. The molecule has 0 radical (unpaired) electrons. The molecule has 2 heterocycles. The SMILES string of the molecule is CN(CCCc1nccn1C)CC1CC(=O)N(c2ccccc2)C1. The summed E-state index contributed by atoms with van der Waals surface area (Å²) in [6.45, 7) is 2.82. The number of rotatable bonds is 7. The number of carbonyl (C=O) groups excluding carboxylic acids is 1. The molecule has 1 aromatic heterocycles. The number of aryl methyl sites for hydroxylation is 2. The highest BCUT2D eigenvalue weighted by Gasteiger charge is 2.30. The van der Waals surface area contributed by atoms with Gasteiger partial charge in [-0.2, -0.15) is 0 Å². The van der Waals surface area contributed by atoms with Gasteiger partial charge < -0.3 is 14.4 Å². The van der Waals surface area contributed by atoms with Gasteiger partial charge in [0.1, 0.15) is 5.82 Å². The van der Waals surface area contributed by atoms with Crippen LogP contribution in [0.2, 0.25) is 0 Å². The first-order valence-corrected chi connectivity index (χ1v) is 8.63. The van der Waals surface area contributed by atoms with Crippen molar-refractivity contribution in [1.29, 1.82) is 0 Å². The van der Waals surface area contributed by atoms with E-state index in [2.05, 4.69) is 21.5 Å². The monoisotopic (exact) mass is 326 g/mol. The fourth-order valence-electron chi connectivity index (χ4n) is 3.44. The number of para-hydroxylation sites is 1. The summed E-state index contributed by atoms with van der Waals surface area (Å²) in [7, 11) is 4.18. The van der Waals surface area contributed by atoms with Crippen LogP contribution in [0.1, 0.15) is 18.7 Å². The first-order chi connectivity index (χ1) is 11.6. The molecule has 1 aliphatic rings. The van der Waals surface area contributed by atoms with Gasteiger partial charge >= 0.3 is 0 Å². The first-order valence-electron chi connectivity index (χ1n) is 8.63. The Hall–Kier alpha value is -2.14. The summed E-state index contributed by atoms with van der Waals surface area (Å²) in [5.41, 5.74) is 1.02. The molecule has 0 aliphatic carbocycles. The molecule has 1 saturated heterocycles. The van der Waals surface area contributed by atoms with Gasteiger partial charge in [-0.25, -0.2) is 4.98 Å². The lowest BCUT2D eigenvalue weighted by Crippen LogP contribution is -2.29. The molecule has 1 atom stereocenters. The predicted octanol–water partition coefficient (Wildman–Crippen LogP) is 2.34. The quantitative estimate of drug-likeness (QED) is 0.784. The highest BCUT2D eigenvalue weighted by Crippen LogP contribution is 2.25. The second-order valence-corrected chi connectivity index (χ2v) is 6.73. The van der Waals surface area contributed by atoms with Crippen molar-refractivity contribution >= 4 is 11.6 Å². The lowest BCUT2D eigenvalue weighted by molar-refractivity contribution is -0.117. The molecule has 0 bridgehead atoms. The molecule has 1 unspecified atom stereocenters. The number of aromatic nitrogens is 2. The fourth-order valence-corrected chi connectivity index (χ4v) is 3.44. The average Bonchev–Trinajstić information content (AvgIpc) is 3.14. The van der Waals surface area contributed by atoms with Crippen LogP contribution in [-0.4, -0.2) is 47.0 Å². The molecule has 128 valence electrons. The molecular weight excluding hydrogens is 300 g/mol. The molecule has 1 aromatic carbocycles. The molecule has 5 nitrogen and oxygen atoms in total. The van der Waals surface area contributed by atoms with Crippen LogP contribution >= 0.6 is 0 Å². The third kappa shape index (κ3) is 4.03. The third-order valence-electron chi connectivity index (χ3n) is 4.70. The van der Waals surface area contributed by atoms with Gasteiger partial charge in [0.15, 0.2) is 0 Å². The van der Waals surface area contributed by atoms with Crippen molar-refractivity contribution in [2.75, 3.05) is 31.6 Å². The first kappa shape index (κ1) is 16.7. The van der Waals surface area contributed by atoms with Gasteiger partial charge in [-0.15, -0.1) is 0 Å². The molecule has 2 aromatic rings. The predicted molar refractivity (Wildman–Crippen MR) is 95.9 cm³/mol. The van der Waals surface area contributed by atoms with Crippen LogP contribution in [0.15, 0.2) is 42.7 Å². The maximum Gasteiger partial charge on any atom is 0.227 e. The topological polar surface area (TPSA) is 41.4 Å². The summed E-state index contributed by atoms with van der Waals surface area (Å²) in [5.74, 6) is 1.79. The van der Waals surface area contributed by atoms with Crippen LogP contribution in [0, 0.1) is 5.92 Å². The van der Waals surface area contributed by atoms with E-state index < -0.39 is 0 Å². The normalized spacial score (nSPS) is 17.9. The van der Waals surface area contributed by atoms with Gasteiger partial charge in [0.2, 0.25) is 5.91 Å². The fraction of sp³-hybridized carbons (Fsp3) is 0.474. The molecule has 5 heteroatoms. The van der Waals surface area contributed by atoms with Crippen LogP contribution in [0.25, 0.3) is 0 Å². The van der Waals surface area contributed by atoms with E-state index in [-0.39, 0.29) is 5.91 Å². The average molecular weight is 326 g/mol. The maximum absolute atomic E-state index is 12.3. The Balaban J connectivity index is 1.44. The number of hydrogen-bond donors (Lipinski definition) is 0. The Bertz CT molecular complexity index is 667. The number of amides is 1. The number of carbonyl (C=O) groups is 1. The number of imidazole rings is 1. The summed E-state index contributed by atoms with van der Waals surface area (Å²) in [6, 6.07) is 9.98. The minimum atomic E-state index is 0.243. The molecule has 3 rings (SSSR count). The van der Waals surface area contributed by atoms with Gasteiger partial charge in [0.05, 0.1) is 0 Å². The Labute approximate surface area is 143 Å². The molecule has 1 amide bonds. The van der Waals surface area contributed by atoms with E-state index in [4.69, 9.17) is 0 Å². The molecule has 0 spiro atoms. The van der Waals surface area contributed by atoms with Crippen molar-refractivity contribution in [2.45, 2.75) is 19.3 Å². The van der Waals surface area contributed by atoms with E-state index in [9.17, 15) is 4.79 Å². The van der Waals surface area contributed by atoms with Crippen molar-refractivity contribution in [1.82, 2.24) is 14.5 Å². The zero-order valence-corrected chi connectivity index (χ0v) is 14.6. The number of hydrogen-bond acceptors (Lipinski definition) is 3. The number of benzene rings is 1. The van der Waals surface area contributed by atoms with Crippen molar-refractivity contribution in [3.05, 3.63) is 48.5 Å². The van der Waals surface area contributed by atoms with Crippen molar-refractivity contribution in [2.24, 2.45) is 13.0 Å². The minimum absolute atomic E-state index is 0.243. The summed E-state index contributed by atoms with van der Waals surface area (Å²) >= 11 is 0. The summed E-state index contributed by atoms with van der Waals surface area (Å²) in [5, 5.41) is 0. The van der Waals surface area contributed by atoms with E-state index in [1.165, 1.54) is 0 Å². The second kappa shape index (κ2) is 7.62. The molecule has 1 aliphatic heterocycles. The van der Waals surface area contributed by atoms with Crippen LogP contribution in [-0.2, 0) is 18.3 Å². The highest BCUT2D eigenvalue weighted by atomic mass is 16.2. The van der Waals surface area contributed by atoms with Crippen LogP contribution < -0.4 is 4.90 Å². The van der Waals surface area contributed by atoms with Gasteiger partial charge in [0.25, 0.3) is 0 Å². The van der Waals surface area contributed by atoms with E-state index in [1.807, 2.05) is 54.7 Å². The van der Waals surface area contributed by atoms with E-state index >= 15 is 0 Å². The van der Waals surface area contributed by atoms with Crippen molar-refractivity contribution in [3.8, 4) is 0 Å². The zero-order chi connectivity index (χ0) is 16.9. The van der Waals surface area contributed by atoms with E-state index in [1.54, 1.807) is 0 Å². The summed E-state index contributed by atoms with van der Waals surface area (Å²) in [4.78, 5) is 20.9. The van der Waals surface area contributed by atoms with Crippen LogP contribution in [0.5, 0.6) is 0 Å². The van der Waals surface area contributed by atoms with Gasteiger partial charge in [0, 0.05) is 51.1 Å². The highest BCUT2D eigenvalue weighted by molar-refractivity contribution is 5.95. The van der Waals surface area contributed by atoms with Crippen LogP contribution in [0.3, 0.4) is 0 Å². The van der Waals surface area contributed by atoms with E-state index in [0.29, 0.717) is 12.3 Å². The van der Waals surface area contributed by atoms with Gasteiger partial charge in [-0.1, -0.05) is 18.2 Å². The molecule has 0 N–H and O–H groups in total. The lowest BCUT2D eigenvalue weighted by atomic mass is 10.1. The molecular formula is C19H26N4O. The van der Waals surface area contributed by atoms with Crippen molar-refractivity contribution in [3.63, 3.8) is 0 Å².